The molecule has 4 aromatic rings. The summed E-state index contributed by atoms with van der Waals surface area (Å²) >= 11 is 1.30. The summed E-state index contributed by atoms with van der Waals surface area (Å²) in [7, 11) is 1.95. The quantitative estimate of drug-likeness (QED) is 0.177. The Morgan fingerprint density at radius 3 is 2.43 bits per heavy atom. The molecule has 2 aromatic carbocycles. The van der Waals surface area contributed by atoms with E-state index in [2.05, 4.69) is 44.3 Å². The van der Waals surface area contributed by atoms with E-state index in [-0.39, 0.29) is 16.0 Å². The molecule has 3 heterocycles. The molecule has 0 amide bonds. The number of carboxylic acids is 1. The highest BCUT2D eigenvalue weighted by Gasteiger charge is 2.26. The largest absolute Gasteiger partial charge is 0.490 e. The van der Waals surface area contributed by atoms with Gasteiger partial charge in [-0.15, -0.1) is 0 Å². The van der Waals surface area contributed by atoms with Gasteiger partial charge >= 0.3 is 5.97 Å². The number of anilines is 3. The van der Waals surface area contributed by atoms with Crippen LogP contribution in [0, 0.1) is 6.92 Å². The number of ether oxygens (including phenoxy) is 1. The van der Waals surface area contributed by atoms with Crippen molar-refractivity contribution in [1.29, 1.82) is 0 Å². The number of carboxylic acid groups (broad SMARTS) is 1. The molecule has 13 nitrogen and oxygen atoms in total. The SMILES string of the molecule is COc1c(Nc2cc(C)[nH]n2)nc(Sc2ccc(S(=O)(=O)Cc3ccccc3C(=O)O)cc2)nc1N1CCN(CCN(C)C)CC1. The highest BCUT2D eigenvalue weighted by molar-refractivity contribution is 7.99. The number of piperazine rings is 1. The first kappa shape index (κ1) is 33.2. The van der Waals surface area contributed by atoms with Gasteiger partial charge in [0.25, 0.3) is 0 Å². The monoisotopic (exact) mass is 666 g/mol. The van der Waals surface area contributed by atoms with E-state index in [1.54, 1.807) is 31.4 Å². The van der Waals surface area contributed by atoms with Gasteiger partial charge < -0.3 is 25.0 Å². The summed E-state index contributed by atoms with van der Waals surface area (Å²) in [5.41, 5.74) is 1.09. The second-order valence-corrected chi connectivity index (χ2v) is 14.2. The summed E-state index contributed by atoms with van der Waals surface area (Å²) in [4.78, 5) is 28.9. The lowest BCUT2D eigenvalue weighted by Crippen LogP contribution is -2.48. The summed E-state index contributed by atoms with van der Waals surface area (Å²) in [6.07, 6.45) is 0. The predicted molar refractivity (Wildman–Crippen MR) is 177 cm³/mol. The third-order valence-electron chi connectivity index (χ3n) is 7.50. The highest BCUT2D eigenvalue weighted by Crippen LogP contribution is 2.38. The smallest absolute Gasteiger partial charge is 0.335 e. The lowest BCUT2D eigenvalue weighted by atomic mass is 10.1. The van der Waals surface area contributed by atoms with Crippen LogP contribution in [0.3, 0.4) is 0 Å². The molecule has 244 valence electrons. The Hall–Kier alpha value is -4.18. The van der Waals surface area contributed by atoms with Crippen LogP contribution in [0.5, 0.6) is 5.75 Å². The number of aromatic nitrogens is 4. The first-order valence-electron chi connectivity index (χ1n) is 14.7. The summed E-state index contributed by atoms with van der Waals surface area (Å²) in [6.45, 7) is 7.20. The molecule has 1 fully saturated rings. The third kappa shape index (κ3) is 8.15. The molecule has 1 aliphatic rings. The third-order valence-corrected chi connectivity index (χ3v) is 10.1. The number of aromatic amines is 1. The van der Waals surface area contributed by atoms with Crippen molar-refractivity contribution in [3.05, 3.63) is 71.4 Å². The molecule has 0 spiro atoms. The number of benzene rings is 2. The predicted octanol–water partition coefficient (Wildman–Crippen LogP) is 3.77. The summed E-state index contributed by atoms with van der Waals surface area (Å²) in [6, 6.07) is 14.4. The van der Waals surface area contributed by atoms with Crippen LogP contribution in [-0.4, -0.2) is 110 Å². The van der Waals surface area contributed by atoms with Gasteiger partial charge in [-0.3, -0.25) is 10.00 Å². The number of H-pyrrole nitrogens is 1. The summed E-state index contributed by atoms with van der Waals surface area (Å²) < 4.78 is 32.2. The van der Waals surface area contributed by atoms with E-state index in [9.17, 15) is 18.3 Å². The van der Waals surface area contributed by atoms with E-state index < -0.39 is 21.6 Å². The van der Waals surface area contributed by atoms with Crippen molar-refractivity contribution in [2.75, 3.05) is 70.7 Å². The fourth-order valence-electron chi connectivity index (χ4n) is 5.04. The normalized spacial score (nSPS) is 14.1. The van der Waals surface area contributed by atoms with Crippen molar-refractivity contribution in [1.82, 2.24) is 30.0 Å². The van der Waals surface area contributed by atoms with Gasteiger partial charge in [0.15, 0.2) is 32.4 Å². The van der Waals surface area contributed by atoms with Crippen LogP contribution in [0.4, 0.5) is 17.5 Å². The molecule has 1 saturated heterocycles. The van der Waals surface area contributed by atoms with Crippen LogP contribution >= 0.6 is 11.8 Å². The molecule has 0 atom stereocenters. The maximum absolute atomic E-state index is 13.2. The number of nitrogens with zero attached hydrogens (tertiary/aromatic N) is 6. The van der Waals surface area contributed by atoms with Crippen LogP contribution in [0.25, 0.3) is 0 Å². The fourth-order valence-corrected chi connectivity index (χ4v) is 7.17. The molecule has 3 N–H and O–H groups in total. The molecule has 0 saturated carbocycles. The van der Waals surface area contributed by atoms with Crippen LogP contribution in [0.2, 0.25) is 0 Å². The molecule has 0 radical (unpaired) electrons. The number of nitrogens with one attached hydrogen (secondary N) is 2. The zero-order chi connectivity index (χ0) is 32.8. The lowest BCUT2D eigenvalue weighted by molar-refractivity contribution is 0.0696. The molecule has 0 bridgehead atoms. The van der Waals surface area contributed by atoms with E-state index in [0.717, 1.165) is 49.9 Å². The second kappa shape index (κ2) is 14.5. The standard InChI is InChI=1S/C31H38N8O5S2/c1-21-19-26(36-35-21)32-28-27(44-4)29(39-17-15-38(16-18-39)14-13-37(2)3)34-31(33-28)45-23-9-11-24(12-10-23)46(42,43)20-22-7-5-6-8-25(22)30(40)41/h5-12,19H,13-18,20H2,1-4H3,(H,40,41)(H2,32,33,34,35,36). The highest BCUT2D eigenvalue weighted by atomic mass is 32.2. The maximum Gasteiger partial charge on any atom is 0.335 e. The molecule has 46 heavy (non-hydrogen) atoms. The van der Waals surface area contributed by atoms with Crippen molar-refractivity contribution in [2.24, 2.45) is 0 Å². The van der Waals surface area contributed by atoms with Crippen molar-refractivity contribution in [3.8, 4) is 5.75 Å². The molecular weight excluding hydrogens is 629 g/mol. The van der Waals surface area contributed by atoms with Crippen molar-refractivity contribution in [2.45, 2.75) is 27.6 Å². The van der Waals surface area contributed by atoms with Gasteiger partial charge in [-0.25, -0.2) is 23.2 Å². The van der Waals surface area contributed by atoms with Crippen LogP contribution in [-0.2, 0) is 15.6 Å². The van der Waals surface area contributed by atoms with Crippen LogP contribution in [0.1, 0.15) is 21.6 Å². The van der Waals surface area contributed by atoms with Gasteiger partial charge in [-0.05, 0) is 68.7 Å². The van der Waals surface area contributed by atoms with E-state index in [4.69, 9.17) is 14.7 Å². The van der Waals surface area contributed by atoms with Crippen LogP contribution in [0.15, 0.2) is 69.5 Å². The van der Waals surface area contributed by atoms with Gasteiger partial charge in [0.05, 0.1) is 23.3 Å². The first-order valence-corrected chi connectivity index (χ1v) is 17.2. The van der Waals surface area contributed by atoms with Gasteiger partial charge in [0, 0.05) is 55.9 Å². The minimum Gasteiger partial charge on any atom is -0.490 e. The molecule has 1 aliphatic heterocycles. The summed E-state index contributed by atoms with van der Waals surface area (Å²) in [5, 5.41) is 20.4. The van der Waals surface area contributed by atoms with Gasteiger partial charge in [0.1, 0.15) is 0 Å². The Balaban J connectivity index is 1.39. The van der Waals surface area contributed by atoms with Crippen LogP contribution < -0.4 is 15.0 Å². The Kier molecular flexibility index (Phi) is 10.5. The number of aryl methyl sites for hydroxylation is 1. The van der Waals surface area contributed by atoms with Gasteiger partial charge in [-0.2, -0.15) is 5.10 Å². The average molecular weight is 667 g/mol. The topological polar surface area (TPSA) is 157 Å². The number of likely N-dealkylation sites (N-methyl/N-ethyl adjacent to an activating group) is 1. The zero-order valence-corrected chi connectivity index (χ0v) is 27.9. The van der Waals surface area contributed by atoms with Crippen molar-refractivity contribution >= 4 is 45.0 Å². The molecular formula is C31H38N8O5S2. The number of hydrogen-bond acceptors (Lipinski definition) is 12. The van der Waals surface area contributed by atoms with Crippen molar-refractivity contribution < 1.29 is 23.1 Å². The lowest BCUT2D eigenvalue weighted by Gasteiger charge is -2.36. The average Bonchev–Trinajstić information content (AvgIpc) is 3.44. The van der Waals surface area contributed by atoms with Crippen molar-refractivity contribution in [3.63, 3.8) is 0 Å². The van der Waals surface area contributed by atoms with E-state index in [1.807, 2.05) is 13.0 Å². The first-order chi connectivity index (χ1) is 22.0. The number of rotatable bonds is 13. The number of aromatic carboxylic acids is 1. The number of sulfone groups is 1. The fraction of sp³-hybridized carbons (Fsp3) is 0.355. The number of methoxy groups -OCH3 is 1. The maximum atomic E-state index is 13.2. The van der Waals surface area contributed by atoms with E-state index in [0.29, 0.717) is 28.4 Å². The zero-order valence-electron chi connectivity index (χ0n) is 26.2. The van der Waals surface area contributed by atoms with E-state index in [1.165, 1.54) is 36.0 Å². The Labute approximate surface area is 272 Å². The molecule has 15 heteroatoms. The minimum atomic E-state index is -3.80. The molecule has 2 aromatic heterocycles. The van der Waals surface area contributed by atoms with Gasteiger partial charge in [0.2, 0.25) is 5.75 Å². The van der Waals surface area contributed by atoms with E-state index >= 15 is 0 Å². The number of carbonyl (C=O) groups is 1. The number of hydrogen-bond donors (Lipinski definition) is 3. The Morgan fingerprint density at radius 1 is 1.09 bits per heavy atom. The second-order valence-electron chi connectivity index (χ2n) is 11.2. The molecule has 5 rings (SSSR count). The molecule has 0 aliphatic carbocycles. The summed E-state index contributed by atoms with van der Waals surface area (Å²) in [5.74, 6) is 0.639. The minimum absolute atomic E-state index is 0.0323. The molecule has 0 unspecified atom stereocenters. The van der Waals surface area contributed by atoms with Gasteiger partial charge in [-0.1, -0.05) is 18.2 Å². The Bertz CT molecular complexity index is 1770. The Morgan fingerprint density at radius 2 is 1.80 bits per heavy atom.